The third-order valence-corrected chi connectivity index (χ3v) is 11.4. The zero-order chi connectivity index (χ0) is 39.8. The van der Waals surface area contributed by atoms with Gasteiger partial charge >= 0.3 is 0 Å². The van der Waals surface area contributed by atoms with Crippen LogP contribution in [-0.2, 0) is 44.8 Å². The van der Waals surface area contributed by atoms with Crippen molar-refractivity contribution in [1.29, 1.82) is 0 Å². The Labute approximate surface area is 328 Å². The van der Waals surface area contributed by atoms with Gasteiger partial charge in [0.15, 0.2) is 11.1 Å². The lowest BCUT2D eigenvalue weighted by Gasteiger charge is -2.33. The van der Waals surface area contributed by atoms with E-state index in [1.54, 1.807) is 13.1 Å². The predicted molar refractivity (Wildman–Crippen MR) is 213 cm³/mol. The molecule has 2 atom stereocenters. The first-order valence-electron chi connectivity index (χ1n) is 18.8. The minimum atomic E-state index is -4.04. The summed E-state index contributed by atoms with van der Waals surface area (Å²) in [6, 6.07) is 10.3. The molecule has 2 aliphatic rings. The number of sulfonamides is 1. The molecule has 2 aromatic carbocycles. The number of ether oxygens (including phenoxy) is 5. The van der Waals surface area contributed by atoms with Gasteiger partial charge < -0.3 is 38.5 Å². The van der Waals surface area contributed by atoms with E-state index in [0.29, 0.717) is 68.7 Å². The normalized spacial score (nSPS) is 15.7. The van der Waals surface area contributed by atoms with Gasteiger partial charge in [0.2, 0.25) is 15.9 Å². The minimum absolute atomic E-state index is 0.00774. The minimum Gasteiger partial charge on any atom is -0.456 e. The average Bonchev–Trinajstić information content (AvgIpc) is 3.18. The van der Waals surface area contributed by atoms with Crippen LogP contribution < -0.4 is 19.7 Å². The third kappa shape index (κ3) is 12.3. The molecule has 1 heterocycles. The second kappa shape index (κ2) is 22.3. The molecule has 0 fully saturated rings. The molecule has 0 saturated heterocycles. The van der Waals surface area contributed by atoms with Crippen molar-refractivity contribution in [2.75, 3.05) is 97.5 Å². The summed E-state index contributed by atoms with van der Waals surface area (Å²) in [6.45, 7) is 14.2. The van der Waals surface area contributed by atoms with Crippen LogP contribution in [0.3, 0.4) is 0 Å². The van der Waals surface area contributed by atoms with Gasteiger partial charge in [-0.15, -0.1) is 0 Å². The van der Waals surface area contributed by atoms with Crippen LogP contribution in [0.5, 0.6) is 5.75 Å². The lowest BCUT2D eigenvalue weighted by atomic mass is 9.86. The van der Waals surface area contributed by atoms with Crippen molar-refractivity contribution in [3.63, 3.8) is 0 Å². The summed E-state index contributed by atoms with van der Waals surface area (Å²) in [4.78, 5) is 15.5. The van der Waals surface area contributed by atoms with Gasteiger partial charge in [-0.2, -0.15) is 0 Å². The number of rotatable bonds is 25. The number of nitrogens with zero attached hydrogens (tertiary/aromatic N) is 2. The summed E-state index contributed by atoms with van der Waals surface area (Å²) in [6.07, 6.45) is 6.44. The molecule has 1 aliphatic carbocycles. The van der Waals surface area contributed by atoms with Crippen molar-refractivity contribution in [2.45, 2.75) is 49.9 Å². The maximum absolute atomic E-state index is 13.3. The molecular formula is C39H56N4O10S2. The topological polar surface area (TPSA) is 165 Å². The summed E-state index contributed by atoms with van der Waals surface area (Å²) < 4.78 is 80.9. The molecule has 4 rings (SSSR count). The number of nitrogens with one attached hydrogen (secondary N) is 2. The van der Waals surface area contributed by atoms with E-state index in [2.05, 4.69) is 59.7 Å². The quantitative estimate of drug-likeness (QED) is 0.0980. The van der Waals surface area contributed by atoms with E-state index in [9.17, 15) is 22.0 Å². The lowest BCUT2D eigenvalue weighted by Crippen LogP contribution is -2.34. The first kappa shape index (κ1) is 44.3. The fourth-order valence-corrected chi connectivity index (χ4v) is 7.99. The molecule has 2 unspecified atom stereocenters. The molecule has 14 nitrogen and oxygen atoms in total. The van der Waals surface area contributed by atoms with Crippen LogP contribution in [0, 0.1) is 0 Å². The number of hydrogen-bond acceptors (Lipinski definition) is 11. The largest absolute Gasteiger partial charge is 0.456 e. The Balaban J connectivity index is 1.40. The van der Waals surface area contributed by atoms with Gasteiger partial charge in [-0.1, -0.05) is 32.1 Å². The van der Waals surface area contributed by atoms with Crippen LogP contribution >= 0.6 is 0 Å². The average molecular weight is 805 g/mol. The van der Waals surface area contributed by atoms with Crippen LogP contribution in [0.15, 0.2) is 75.7 Å². The Morgan fingerprint density at radius 1 is 0.855 bits per heavy atom. The predicted octanol–water partition coefficient (Wildman–Crippen LogP) is 3.95. The van der Waals surface area contributed by atoms with E-state index in [4.69, 9.17) is 23.7 Å². The molecule has 55 heavy (non-hydrogen) atoms. The molecule has 0 saturated carbocycles. The number of hydrogen-bond donors (Lipinski definition) is 3. The summed E-state index contributed by atoms with van der Waals surface area (Å²) in [5.74, 6) is 1.18. The highest BCUT2D eigenvalue weighted by Gasteiger charge is 2.31. The molecule has 0 aromatic heterocycles. The molecule has 304 valence electrons. The van der Waals surface area contributed by atoms with Gasteiger partial charge in [0, 0.05) is 67.1 Å². The smallest absolute Gasteiger partial charge is 0.240 e. The van der Waals surface area contributed by atoms with E-state index < -0.39 is 21.1 Å². The first-order chi connectivity index (χ1) is 26.6. The number of anilines is 1. The molecule has 0 spiro atoms. The maximum atomic E-state index is 13.3. The van der Waals surface area contributed by atoms with E-state index in [0.717, 1.165) is 43.0 Å². The van der Waals surface area contributed by atoms with Crippen LogP contribution in [0.4, 0.5) is 5.69 Å². The Morgan fingerprint density at radius 2 is 1.47 bits per heavy atom. The Morgan fingerprint density at radius 3 is 2.07 bits per heavy atom. The monoisotopic (exact) mass is 804 g/mol. The first-order valence-corrected chi connectivity index (χ1v) is 21.4. The number of carbonyl (C=O) groups is 1. The zero-order valence-corrected chi connectivity index (χ0v) is 34.1. The Bertz CT molecular complexity index is 1810. The van der Waals surface area contributed by atoms with Crippen molar-refractivity contribution < 1.29 is 45.7 Å². The third-order valence-electron chi connectivity index (χ3n) is 9.26. The molecule has 3 N–H and O–H groups in total. The van der Waals surface area contributed by atoms with Crippen molar-refractivity contribution >= 4 is 38.3 Å². The molecule has 1 aliphatic heterocycles. The Hall–Kier alpha value is -3.45. The van der Waals surface area contributed by atoms with E-state index in [1.165, 1.54) is 12.1 Å². The number of benzene rings is 2. The zero-order valence-electron chi connectivity index (χ0n) is 32.5. The van der Waals surface area contributed by atoms with Crippen LogP contribution in [0.1, 0.15) is 45.2 Å². The molecule has 0 bridgehead atoms. The molecule has 16 heteroatoms. The molecule has 0 radical (unpaired) electrons. The van der Waals surface area contributed by atoms with Gasteiger partial charge in [0.25, 0.3) is 0 Å². The van der Waals surface area contributed by atoms with Gasteiger partial charge in [-0.25, -0.2) is 17.3 Å². The van der Waals surface area contributed by atoms with Crippen molar-refractivity contribution in [1.82, 2.24) is 14.9 Å². The van der Waals surface area contributed by atoms with E-state index in [1.807, 2.05) is 24.3 Å². The highest BCUT2D eigenvalue weighted by molar-refractivity contribution is 7.89. The summed E-state index contributed by atoms with van der Waals surface area (Å²) in [5.41, 5.74) is 3.61. The fourth-order valence-electron chi connectivity index (χ4n) is 6.29. The molecular weight excluding hydrogens is 749 g/mol. The van der Waals surface area contributed by atoms with Crippen molar-refractivity contribution in [3.05, 3.63) is 77.1 Å². The van der Waals surface area contributed by atoms with Crippen molar-refractivity contribution in [2.24, 2.45) is 0 Å². The number of amides is 1. The lowest BCUT2D eigenvalue weighted by molar-refractivity contribution is -0.121. The van der Waals surface area contributed by atoms with Crippen LogP contribution in [0.2, 0.25) is 0 Å². The van der Waals surface area contributed by atoms with Gasteiger partial charge in [-0.05, 0) is 57.3 Å². The van der Waals surface area contributed by atoms with Gasteiger partial charge in [0.1, 0.15) is 11.5 Å². The van der Waals surface area contributed by atoms with Gasteiger partial charge in [-0.3, -0.25) is 9.69 Å². The number of carbonyl (C=O) groups excluding carboxylic acids is 1. The second-order valence-electron chi connectivity index (χ2n) is 12.5. The maximum Gasteiger partial charge on any atom is 0.240 e. The SMILES string of the molecule is CCN(CC)c1ccc2c(c1)OC1=CC(N(CC)CC)C=CC1=C2c1ccc(S(=O)(=O)NCCOCCOCCOCCOCCC(=O)NC)cc1S(=O)O. The number of likely N-dealkylation sites (N-methyl/N-ethyl adjacent to an activating group) is 1. The van der Waals surface area contributed by atoms with E-state index >= 15 is 0 Å². The van der Waals surface area contributed by atoms with Crippen molar-refractivity contribution in [3.8, 4) is 5.75 Å². The number of fused-ring (bicyclic) bond motifs is 2. The van der Waals surface area contributed by atoms with Crippen LogP contribution in [0.25, 0.3) is 5.57 Å². The second-order valence-corrected chi connectivity index (χ2v) is 15.2. The summed E-state index contributed by atoms with van der Waals surface area (Å²) in [5, 5.41) is 2.53. The van der Waals surface area contributed by atoms with Gasteiger partial charge in [0.05, 0.1) is 68.7 Å². The Kier molecular flexibility index (Phi) is 18.0. The number of allylic oxidation sites excluding steroid dienone is 1. The standard InChI is InChI=1S/C39H56N4O10S2/c1-6-42(7-2)29-10-13-32-35(26-29)53-36-27-30(43(8-3)9-4)11-14-33(36)39(32)34-15-12-31(28-37(34)54(45)46)55(47,48)41-17-19-50-21-23-52-25-24-51-22-20-49-18-16-38(44)40-5/h10-15,26-29,41H,6-9,16-25H2,1-5H3,(H,40,44)(H,45,46). The van der Waals surface area contributed by atoms with Crippen LogP contribution in [-0.4, -0.2) is 127 Å². The fraction of sp³-hybridized carbons (Fsp3) is 0.513. The molecule has 2 aromatic rings. The highest BCUT2D eigenvalue weighted by Crippen LogP contribution is 2.46. The summed E-state index contributed by atoms with van der Waals surface area (Å²) in [7, 11) is -2.47. The summed E-state index contributed by atoms with van der Waals surface area (Å²) >= 11 is -2.52. The highest BCUT2D eigenvalue weighted by atomic mass is 32.2. The van der Waals surface area contributed by atoms with E-state index in [-0.39, 0.29) is 41.5 Å². The molecule has 1 amide bonds.